The fourth-order valence-corrected chi connectivity index (χ4v) is 4.28. The number of rotatable bonds is 9. The lowest BCUT2D eigenvalue weighted by molar-refractivity contribution is -0.122. The predicted molar refractivity (Wildman–Crippen MR) is 118 cm³/mol. The monoisotopic (exact) mass is 481 g/mol. The number of amides is 2. The molecule has 1 heterocycles. The van der Waals surface area contributed by atoms with Gasteiger partial charge in [-0.2, -0.15) is 0 Å². The summed E-state index contributed by atoms with van der Waals surface area (Å²) in [4.78, 5) is 24.0. The van der Waals surface area contributed by atoms with E-state index in [0.717, 1.165) is 0 Å². The lowest BCUT2D eigenvalue weighted by Gasteiger charge is -2.18. The maximum atomic E-state index is 12.4. The number of nitrogens with one attached hydrogen (secondary N) is 3. The largest absolute Gasteiger partial charge is 0.486 e. The van der Waals surface area contributed by atoms with E-state index in [4.69, 9.17) is 21.1 Å². The van der Waals surface area contributed by atoms with E-state index in [1.807, 2.05) is 0 Å². The van der Waals surface area contributed by atoms with E-state index in [0.29, 0.717) is 44.0 Å². The highest BCUT2D eigenvalue weighted by atomic mass is 35.5. The van der Waals surface area contributed by atoms with Crippen molar-refractivity contribution >= 4 is 33.4 Å². The molecule has 172 valence electrons. The van der Waals surface area contributed by atoms with E-state index in [2.05, 4.69) is 15.6 Å². The van der Waals surface area contributed by atoms with E-state index in [-0.39, 0.29) is 34.4 Å². The standard InChI is InChI=1S/C21H24ClN3O6S/c22-17-7-4-3-6-16(17)21(27)25-24-20(26)8-2-1-5-11-23-32(28,29)15-9-10-18-19(14-15)31-13-12-30-18/h3-4,6-7,9-10,14,23H,1-2,5,8,11-13H2,(H,24,26)(H,25,27). The fraction of sp³-hybridized carbons (Fsp3) is 0.333. The second-order valence-corrected chi connectivity index (χ2v) is 9.17. The summed E-state index contributed by atoms with van der Waals surface area (Å²) < 4.78 is 38.2. The Bertz CT molecular complexity index is 1080. The fourth-order valence-electron chi connectivity index (χ4n) is 2.97. The molecule has 0 aliphatic carbocycles. The number of fused-ring (bicyclic) bond motifs is 1. The molecule has 0 radical (unpaired) electrons. The van der Waals surface area contributed by atoms with Gasteiger partial charge in [-0.05, 0) is 37.1 Å². The number of benzene rings is 2. The Morgan fingerprint density at radius 3 is 2.47 bits per heavy atom. The molecule has 3 rings (SSSR count). The Morgan fingerprint density at radius 2 is 1.69 bits per heavy atom. The third-order valence-electron chi connectivity index (χ3n) is 4.63. The van der Waals surface area contributed by atoms with E-state index in [9.17, 15) is 18.0 Å². The highest BCUT2D eigenvalue weighted by Gasteiger charge is 2.19. The van der Waals surface area contributed by atoms with Crippen LogP contribution in [0.15, 0.2) is 47.4 Å². The van der Waals surface area contributed by atoms with Gasteiger partial charge in [0.1, 0.15) is 13.2 Å². The van der Waals surface area contributed by atoms with Crippen LogP contribution >= 0.6 is 11.6 Å². The molecule has 2 amide bonds. The van der Waals surface area contributed by atoms with Crippen LogP contribution in [0.4, 0.5) is 0 Å². The summed E-state index contributed by atoms with van der Waals surface area (Å²) in [6, 6.07) is 11.0. The molecule has 0 aromatic heterocycles. The number of halogens is 1. The van der Waals surface area contributed by atoms with E-state index >= 15 is 0 Å². The van der Waals surface area contributed by atoms with Gasteiger partial charge in [0.05, 0.1) is 15.5 Å². The number of hydrazine groups is 1. The topological polar surface area (TPSA) is 123 Å². The molecule has 0 fully saturated rings. The van der Waals surface area contributed by atoms with Crippen LogP contribution in [0.1, 0.15) is 36.0 Å². The van der Waals surface area contributed by atoms with Gasteiger partial charge >= 0.3 is 0 Å². The predicted octanol–water partition coefficient (Wildman–Crippen LogP) is 2.41. The average Bonchev–Trinajstić information content (AvgIpc) is 2.79. The third kappa shape index (κ3) is 6.59. The quantitative estimate of drug-likeness (QED) is 0.373. The van der Waals surface area contributed by atoms with Crippen LogP contribution < -0.4 is 25.0 Å². The zero-order chi connectivity index (χ0) is 23.0. The van der Waals surface area contributed by atoms with Crippen molar-refractivity contribution in [1.82, 2.24) is 15.6 Å². The Morgan fingerprint density at radius 1 is 0.938 bits per heavy atom. The molecule has 0 saturated heterocycles. The molecule has 0 unspecified atom stereocenters. The molecule has 3 N–H and O–H groups in total. The molecule has 0 spiro atoms. The van der Waals surface area contributed by atoms with Crippen LogP contribution in [-0.4, -0.2) is 40.0 Å². The minimum absolute atomic E-state index is 0.107. The summed E-state index contributed by atoms with van der Waals surface area (Å²) in [7, 11) is -3.67. The summed E-state index contributed by atoms with van der Waals surface area (Å²) in [6.45, 7) is 1.05. The Kier molecular flexibility index (Phi) is 8.32. The normalized spacial score (nSPS) is 12.8. The third-order valence-corrected chi connectivity index (χ3v) is 6.42. The van der Waals surface area contributed by atoms with Gasteiger partial charge in [-0.1, -0.05) is 30.2 Å². The molecule has 1 aliphatic rings. The van der Waals surface area contributed by atoms with Crippen molar-refractivity contribution in [3.05, 3.63) is 53.1 Å². The van der Waals surface area contributed by atoms with Gasteiger partial charge in [0, 0.05) is 19.0 Å². The van der Waals surface area contributed by atoms with Crippen LogP contribution in [-0.2, 0) is 14.8 Å². The number of ether oxygens (including phenoxy) is 2. The van der Waals surface area contributed by atoms with Crippen LogP contribution in [0, 0.1) is 0 Å². The van der Waals surface area contributed by atoms with E-state index in [1.165, 1.54) is 12.1 Å². The Labute approximate surface area is 191 Å². The van der Waals surface area contributed by atoms with E-state index < -0.39 is 15.9 Å². The number of unbranched alkanes of at least 4 members (excludes halogenated alkanes) is 2. The zero-order valence-corrected chi connectivity index (χ0v) is 18.8. The molecule has 0 atom stereocenters. The number of hydrogen-bond acceptors (Lipinski definition) is 6. The number of carbonyl (C=O) groups is 2. The minimum Gasteiger partial charge on any atom is -0.486 e. The van der Waals surface area contributed by atoms with Crippen molar-refractivity contribution in [2.24, 2.45) is 0 Å². The SMILES string of the molecule is O=C(CCCCCNS(=O)(=O)c1ccc2c(c1)OCCO2)NNC(=O)c1ccccc1Cl. The first kappa shape index (κ1) is 23.8. The Hall–Kier alpha value is -2.82. The lowest BCUT2D eigenvalue weighted by Crippen LogP contribution is -2.41. The smallest absolute Gasteiger partial charge is 0.271 e. The van der Waals surface area contributed by atoms with Gasteiger partial charge in [0.15, 0.2) is 11.5 Å². The number of carbonyl (C=O) groups excluding carboxylic acids is 2. The first-order chi connectivity index (χ1) is 15.4. The second-order valence-electron chi connectivity index (χ2n) is 7.00. The van der Waals surface area contributed by atoms with Gasteiger partial charge < -0.3 is 9.47 Å². The molecule has 2 aromatic carbocycles. The van der Waals surface area contributed by atoms with Crippen molar-refractivity contribution < 1.29 is 27.5 Å². The van der Waals surface area contributed by atoms with Gasteiger partial charge in [0.25, 0.3) is 5.91 Å². The van der Waals surface area contributed by atoms with E-state index in [1.54, 1.807) is 30.3 Å². The lowest BCUT2D eigenvalue weighted by atomic mass is 10.2. The van der Waals surface area contributed by atoms with Gasteiger partial charge in [0.2, 0.25) is 15.9 Å². The maximum absolute atomic E-state index is 12.4. The Balaban J connectivity index is 1.33. The summed E-state index contributed by atoms with van der Waals surface area (Å²) in [5, 5.41) is 0.290. The highest BCUT2D eigenvalue weighted by molar-refractivity contribution is 7.89. The van der Waals surface area contributed by atoms with Crippen molar-refractivity contribution in [1.29, 1.82) is 0 Å². The summed E-state index contributed by atoms with van der Waals surface area (Å²) >= 11 is 5.93. The van der Waals surface area contributed by atoms with Crippen molar-refractivity contribution in [3.8, 4) is 11.5 Å². The molecule has 2 aromatic rings. The molecule has 0 bridgehead atoms. The van der Waals surface area contributed by atoms with Gasteiger partial charge in [-0.25, -0.2) is 13.1 Å². The average molecular weight is 482 g/mol. The molecular weight excluding hydrogens is 458 g/mol. The molecule has 1 aliphatic heterocycles. The molecule has 11 heteroatoms. The number of hydrogen-bond donors (Lipinski definition) is 3. The summed E-state index contributed by atoms with van der Waals surface area (Å²) in [5.41, 5.74) is 4.92. The zero-order valence-electron chi connectivity index (χ0n) is 17.2. The highest BCUT2D eigenvalue weighted by Crippen LogP contribution is 2.32. The van der Waals surface area contributed by atoms with Gasteiger partial charge in [-0.15, -0.1) is 0 Å². The van der Waals surface area contributed by atoms with Crippen molar-refractivity contribution in [3.63, 3.8) is 0 Å². The second kappa shape index (κ2) is 11.2. The van der Waals surface area contributed by atoms with Crippen LogP contribution in [0.2, 0.25) is 5.02 Å². The molecule has 0 saturated carbocycles. The minimum atomic E-state index is -3.67. The molecule has 32 heavy (non-hydrogen) atoms. The first-order valence-corrected chi connectivity index (χ1v) is 12.0. The summed E-state index contributed by atoms with van der Waals surface area (Å²) in [6.07, 6.45) is 1.93. The molecule has 9 nitrogen and oxygen atoms in total. The van der Waals surface area contributed by atoms with Crippen LogP contribution in [0.3, 0.4) is 0 Å². The first-order valence-electron chi connectivity index (χ1n) is 10.1. The molecular formula is C21H24ClN3O6S. The van der Waals surface area contributed by atoms with Crippen LogP contribution in [0.5, 0.6) is 11.5 Å². The number of sulfonamides is 1. The van der Waals surface area contributed by atoms with Crippen molar-refractivity contribution in [2.45, 2.75) is 30.6 Å². The van der Waals surface area contributed by atoms with Gasteiger partial charge in [-0.3, -0.25) is 20.4 Å². The van der Waals surface area contributed by atoms with Crippen molar-refractivity contribution in [2.75, 3.05) is 19.8 Å². The van der Waals surface area contributed by atoms with Crippen LogP contribution in [0.25, 0.3) is 0 Å². The summed E-state index contributed by atoms with van der Waals surface area (Å²) in [5.74, 6) is 0.0862. The maximum Gasteiger partial charge on any atom is 0.271 e.